The third-order valence-electron chi connectivity index (χ3n) is 5.84. The summed E-state index contributed by atoms with van der Waals surface area (Å²) in [7, 11) is -2.37. The summed E-state index contributed by atoms with van der Waals surface area (Å²) in [5, 5.41) is 2.96. The number of rotatable bonds is 8. The van der Waals surface area contributed by atoms with Crippen LogP contribution in [0.3, 0.4) is 0 Å². The molecule has 2 N–H and O–H groups in total. The van der Waals surface area contributed by atoms with E-state index in [1.54, 1.807) is 6.07 Å². The number of benzene rings is 2. The number of amides is 1. The smallest absolute Gasteiger partial charge is 0.251 e. The van der Waals surface area contributed by atoms with Crippen molar-refractivity contribution in [3.05, 3.63) is 59.2 Å². The summed E-state index contributed by atoms with van der Waals surface area (Å²) in [6.07, 6.45) is 3.69. The number of nitrogens with one attached hydrogen (secondary N) is 2. The molecule has 1 aliphatic carbocycles. The summed E-state index contributed by atoms with van der Waals surface area (Å²) in [6, 6.07) is 12.4. The molecule has 1 fully saturated rings. The van der Waals surface area contributed by atoms with Gasteiger partial charge in [-0.2, -0.15) is 0 Å². The van der Waals surface area contributed by atoms with Crippen molar-refractivity contribution in [1.29, 1.82) is 0 Å². The van der Waals surface area contributed by atoms with Crippen molar-refractivity contribution in [2.75, 3.05) is 7.11 Å². The topological polar surface area (TPSA) is 84.5 Å². The fraction of sp³-hybridized carbons (Fsp3) is 0.458. The van der Waals surface area contributed by atoms with Gasteiger partial charge in [-0.3, -0.25) is 4.79 Å². The van der Waals surface area contributed by atoms with Gasteiger partial charge < -0.3 is 10.1 Å². The first-order chi connectivity index (χ1) is 14.7. The summed E-state index contributed by atoms with van der Waals surface area (Å²) in [6.45, 7) is 6.18. The molecule has 168 valence electrons. The standard InChI is InChI=1S/C24H32N2O4S/c1-16(2)18-9-11-19(12-10-18)17(3)25-24(27)20-13-14-22(30-4)23(15-20)31(28,29)26-21-7-5-6-8-21/h9-17,21,26H,5-8H2,1-4H3,(H,25,27). The Morgan fingerprint density at radius 2 is 1.61 bits per heavy atom. The highest BCUT2D eigenvalue weighted by Crippen LogP contribution is 2.28. The van der Waals surface area contributed by atoms with Crippen molar-refractivity contribution in [2.24, 2.45) is 0 Å². The van der Waals surface area contributed by atoms with E-state index in [-0.39, 0.29) is 34.2 Å². The second kappa shape index (κ2) is 9.83. The van der Waals surface area contributed by atoms with Crippen LogP contribution in [0.1, 0.15) is 79.9 Å². The molecule has 3 rings (SSSR count). The summed E-state index contributed by atoms with van der Waals surface area (Å²) in [5.74, 6) is 0.330. The molecule has 0 heterocycles. The third kappa shape index (κ3) is 5.66. The maximum atomic E-state index is 13.0. The van der Waals surface area contributed by atoms with E-state index in [9.17, 15) is 13.2 Å². The number of ether oxygens (including phenoxy) is 1. The number of hydrogen-bond donors (Lipinski definition) is 2. The van der Waals surface area contributed by atoms with E-state index in [1.165, 1.54) is 24.8 Å². The lowest BCUT2D eigenvalue weighted by atomic mass is 9.99. The molecule has 6 nitrogen and oxygen atoms in total. The molecule has 0 radical (unpaired) electrons. The first kappa shape index (κ1) is 23.3. The van der Waals surface area contributed by atoms with E-state index in [0.29, 0.717) is 5.92 Å². The number of methoxy groups -OCH3 is 1. The summed E-state index contributed by atoms with van der Waals surface area (Å²) < 4.78 is 33.9. The fourth-order valence-corrected chi connectivity index (χ4v) is 5.39. The van der Waals surface area contributed by atoms with Crippen LogP contribution in [0, 0.1) is 0 Å². The predicted octanol–water partition coefficient (Wildman–Crippen LogP) is 4.53. The number of carbonyl (C=O) groups excluding carboxylic acids is 1. The second-order valence-electron chi connectivity index (χ2n) is 8.48. The molecule has 0 aliphatic heterocycles. The Morgan fingerprint density at radius 3 is 2.19 bits per heavy atom. The Kier molecular flexibility index (Phi) is 7.38. The average Bonchev–Trinajstić information content (AvgIpc) is 3.25. The van der Waals surface area contributed by atoms with Gasteiger partial charge in [-0.1, -0.05) is 51.0 Å². The van der Waals surface area contributed by atoms with Gasteiger partial charge in [-0.15, -0.1) is 0 Å². The Bertz CT molecular complexity index is 1010. The van der Waals surface area contributed by atoms with Crippen LogP contribution in [0.25, 0.3) is 0 Å². The van der Waals surface area contributed by atoms with Gasteiger partial charge in [0.1, 0.15) is 10.6 Å². The molecule has 0 saturated heterocycles. The summed E-state index contributed by atoms with van der Waals surface area (Å²) in [5.41, 5.74) is 2.50. The minimum absolute atomic E-state index is 0.0107. The SMILES string of the molecule is COc1ccc(C(=O)NC(C)c2ccc(C(C)C)cc2)cc1S(=O)(=O)NC1CCCC1. The highest BCUT2D eigenvalue weighted by atomic mass is 32.2. The van der Waals surface area contributed by atoms with Gasteiger partial charge in [0.25, 0.3) is 5.91 Å². The van der Waals surface area contributed by atoms with Crippen LogP contribution in [-0.4, -0.2) is 27.5 Å². The lowest BCUT2D eigenvalue weighted by molar-refractivity contribution is 0.0939. The zero-order valence-electron chi connectivity index (χ0n) is 18.6. The lowest BCUT2D eigenvalue weighted by Gasteiger charge is -2.18. The molecule has 1 aliphatic rings. The minimum atomic E-state index is -3.79. The monoisotopic (exact) mass is 444 g/mol. The Hall–Kier alpha value is -2.38. The molecule has 1 amide bonds. The van der Waals surface area contributed by atoms with Gasteiger partial charge in [0.15, 0.2) is 0 Å². The van der Waals surface area contributed by atoms with Crippen molar-refractivity contribution in [1.82, 2.24) is 10.0 Å². The van der Waals surface area contributed by atoms with Crippen molar-refractivity contribution >= 4 is 15.9 Å². The van der Waals surface area contributed by atoms with Gasteiger partial charge in [-0.05, 0) is 55.0 Å². The maximum absolute atomic E-state index is 13.0. The molecule has 2 aromatic carbocycles. The molecule has 1 atom stereocenters. The maximum Gasteiger partial charge on any atom is 0.251 e. The first-order valence-corrected chi connectivity index (χ1v) is 12.3. The van der Waals surface area contributed by atoms with Crippen LogP contribution in [0.15, 0.2) is 47.4 Å². The molecule has 7 heteroatoms. The molecule has 0 spiro atoms. The Labute approximate surface area is 185 Å². The molecular weight excluding hydrogens is 412 g/mol. The van der Waals surface area contributed by atoms with Gasteiger partial charge in [-0.25, -0.2) is 13.1 Å². The highest BCUT2D eigenvalue weighted by molar-refractivity contribution is 7.89. The zero-order chi connectivity index (χ0) is 22.6. The molecule has 31 heavy (non-hydrogen) atoms. The number of carbonyl (C=O) groups is 1. The van der Waals surface area contributed by atoms with Crippen LogP contribution in [-0.2, 0) is 10.0 Å². The molecule has 0 bridgehead atoms. The van der Waals surface area contributed by atoms with Crippen LogP contribution in [0.4, 0.5) is 0 Å². The third-order valence-corrected chi connectivity index (χ3v) is 7.38. The van der Waals surface area contributed by atoms with Crippen LogP contribution < -0.4 is 14.8 Å². The van der Waals surface area contributed by atoms with E-state index in [1.807, 2.05) is 19.1 Å². The van der Waals surface area contributed by atoms with Crippen LogP contribution in [0.5, 0.6) is 5.75 Å². The molecule has 2 aromatic rings. The lowest BCUT2D eigenvalue weighted by Crippen LogP contribution is -2.33. The van der Waals surface area contributed by atoms with Crippen LogP contribution >= 0.6 is 0 Å². The Balaban J connectivity index is 1.78. The summed E-state index contributed by atoms with van der Waals surface area (Å²) in [4.78, 5) is 12.8. The van der Waals surface area contributed by atoms with Gasteiger partial charge in [0, 0.05) is 11.6 Å². The number of sulfonamides is 1. The van der Waals surface area contributed by atoms with Crippen molar-refractivity contribution in [3.63, 3.8) is 0 Å². The molecule has 1 unspecified atom stereocenters. The summed E-state index contributed by atoms with van der Waals surface area (Å²) >= 11 is 0. The normalized spacial score (nSPS) is 15.8. The first-order valence-electron chi connectivity index (χ1n) is 10.8. The minimum Gasteiger partial charge on any atom is -0.495 e. The quantitative estimate of drug-likeness (QED) is 0.626. The molecular formula is C24H32N2O4S. The predicted molar refractivity (Wildman–Crippen MR) is 122 cm³/mol. The van der Waals surface area contributed by atoms with E-state index in [4.69, 9.17) is 4.74 Å². The van der Waals surface area contributed by atoms with Crippen molar-refractivity contribution in [2.45, 2.75) is 69.4 Å². The largest absolute Gasteiger partial charge is 0.495 e. The number of hydrogen-bond acceptors (Lipinski definition) is 4. The van der Waals surface area contributed by atoms with E-state index < -0.39 is 10.0 Å². The van der Waals surface area contributed by atoms with Gasteiger partial charge >= 0.3 is 0 Å². The highest BCUT2D eigenvalue weighted by Gasteiger charge is 2.27. The zero-order valence-corrected chi connectivity index (χ0v) is 19.5. The second-order valence-corrected chi connectivity index (χ2v) is 10.2. The van der Waals surface area contributed by atoms with Crippen molar-refractivity contribution in [3.8, 4) is 5.75 Å². The van der Waals surface area contributed by atoms with Crippen molar-refractivity contribution < 1.29 is 17.9 Å². The van der Waals surface area contributed by atoms with Gasteiger partial charge in [0.05, 0.1) is 13.2 Å². The van der Waals surface area contributed by atoms with E-state index in [2.05, 4.69) is 36.0 Å². The van der Waals surface area contributed by atoms with E-state index in [0.717, 1.165) is 31.2 Å². The average molecular weight is 445 g/mol. The van der Waals surface area contributed by atoms with E-state index >= 15 is 0 Å². The molecule has 0 aromatic heterocycles. The van der Waals surface area contributed by atoms with Crippen LogP contribution in [0.2, 0.25) is 0 Å². The van der Waals surface area contributed by atoms with Gasteiger partial charge in [0.2, 0.25) is 10.0 Å². The fourth-order valence-electron chi connectivity index (χ4n) is 3.89. The Morgan fingerprint density at radius 1 is 1.00 bits per heavy atom. The molecule has 1 saturated carbocycles.